The third-order valence-electron chi connectivity index (χ3n) is 4.24. The molecular weight excluding hydrogens is 386 g/mol. The number of carbonyl (C=O) groups is 1. The van der Waals surface area contributed by atoms with Gasteiger partial charge in [0.2, 0.25) is 0 Å². The van der Waals surface area contributed by atoms with E-state index in [9.17, 15) is 4.79 Å². The summed E-state index contributed by atoms with van der Waals surface area (Å²) in [6.45, 7) is 1.49. The molecule has 0 unspecified atom stereocenters. The molecule has 1 aliphatic rings. The number of nitrogens with one attached hydrogen (secondary N) is 1. The van der Waals surface area contributed by atoms with Crippen molar-refractivity contribution < 1.29 is 4.79 Å². The predicted molar refractivity (Wildman–Crippen MR) is 100 cm³/mol. The molecule has 24 heavy (non-hydrogen) atoms. The van der Waals surface area contributed by atoms with Crippen LogP contribution in [0.4, 0.5) is 9.80 Å². The van der Waals surface area contributed by atoms with Crippen molar-refractivity contribution in [1.29, 1.82) is 0 Å². The number of thiophene rings is 1. The maximum atomic E-state index is 12.9. The fourth-order valence-electron chi connectivity index (χ4n) is 3.12. The van der Waals surface area contributed by atoms with Crippen LogP contribution in [0, 0.1) is 0 Å². The molecule has 1 atom stereocenters. The summed E-state index contributed by atoms with van der Waals surface area (Å²) in [5, 5.41) is 5.85. The van der Waals surface area contributed by atoms with E-state index in [0.717, 1.165) is 27.3 Å². The van der Waals surface area contributed by atoms with Crippen molar-refractivity contribution in [2.45, 2.75) is 12.6 Å². The van der Waals surface area contributed by atoms with Crippen LogP contribution in [0.25, 0.3) is 0 Å². The first kappa shape index (κ1) is 15.5. The zero-order chi connectivity index (χ0) is 16.5. The van der Waals surface area contributed by atoms with Gasteiger partial charge in [-0.15, -0.1) is 11.3 Å². The van der Waals surface area contributed by atoms with E-state index in [4.69, 9.17) is 0 Å². The van der Waals surface area contributed by atoms with Gasteiger partial charge in [0.25, 0.3) is 0 Å². The van der Waals surface area contributed by atoms with Gasteiger partial charge >= 0.3 is 6.03 Å². The molecule has 0 saturated heterocycles. The van der Waals surface area contributed by atoms with Crippen LogP contribution < -0.4 is 5.32 Å². The molecule has 2 aromatic heterocycles. The van der Waals surface area contributed by atoms with Crippen LogP contribution in [0.2, 0.25) is 0 Å². The highest BCUT2D eigenvalue weighted by molar-refractivity contribution is 9.10. The van der Waals surface area contributed by atoms with Gasteiger partial charge in [-0.25, -0.2) is 4.79 Å². The summed E-state index contributed by atoms with van der Waals surface area (Å²) in [5.41, 5.74) is 2.25. The minimum absolute atomic E-state index is 0.0576. The van der Waals surface area contributed by atoms with E-state index in [1.165, 1.54) is 11.3 Å². The van der Waals surface area contributed by atoms with Crippen molar-refractivity contribution in [2.75, 3.05) is 11.9 Å². The number of halogens is 1. The molecule has 122 valence electrons. The molecule has 0 radical (unpaired) electrons. The van der Waals surface area contributed by atoms with Gasteiger partial charge in [-0.3, -0.25) is 5.32 Å². The SMILES string of the molecule is O=C(Nc1cccs1)N1CCn2cccc2[C@H]1c1ccc(Br)cc1. The molecule has 2 amide bonds. The van der Waals surface area contributed by atoms with Gasteiger partial charge in [0.1, 0.15) is 0 Å². The average molecular weight is 402 g/mol. The normalized spacial score (nSPS) is 16.7. The van der Waals surface area contributed by atoms with Gasteiger partial charge in [-0.1, -0.05) is 28.1 Å². The smallest absolute Gasteiger partial charge is 0.323 e. The highest BCUT2D eigenvalue weighted by Crippen LogP contribution is 2.33. The van der Waals surface area contributed by atoms with Gasteiger partial charge < -0.3 is 9.47 Å². The van der Waals surface area contributed by atoms with E-state index < -0.39 is 0 Å². The largest absolute Gasteiger partial charge is 0.348 e. The molecule has 0 bridgehead atoms. The Morgan fingerprint density at radius 1 is 1.12 bits per heavy atom. The number of urea groups is 1. The maximum Gasteiger partial charge on any atom is 0.323 e. The number of benzene rings is 1. The summed E-state index contributed by atoms with van der Waals surface area (Å²) >= 11 is 5.01. The van der Waals surface area contributed by atoms with Crippen LogP contribution in [0.15, 0.2) is 64.6 Å². The summed E-state index contributed by atoms with van der Waals surface area (Å²) in [6, 6.07) is 16.0. The van der Waals surface area contributed by atoms with Crippen LogP contribution in [0.5, 0.6) is 0 Å². The Balaban J connectivity index is 1.69. The summed E-state index contributed by atoms with van der Waals surface area (Å²) in [6.07, 6.45) is 2.08. The Bertz CT molecular complexity index is 842. The Hall–Kier alpha value is -2.05. The molecule has 3 aromatic rings. The average Bonchev–Trinajstić information content (AvgIpc) is 3.25. The van der Waals surface area contributed by atoms with Crippen molar-refractivity contribution in [3.8, 4) is 0 Å². The van der Waals surface area contributed by atoms with Crippen molar-refractivity contribution >= 4 is 38.3 Å². The lowest BCUT2D eigenvalue weighted by Crippen LogP contribution is -2.44. The number of fused-ring (bicyclic) bond motifs is 1. The van der Waals surface area contributed by atoms with Crippen molar-refractivity contribution in [3.63, 3.8) is 0 Å². The van der Waals surface area contributed by atoms with E-state index in [1.54, 1.807) is 0 Å². The Labute approximate surface area is 152 Å². The van der Waals surface area contributed by atoms with Gasteiger partial charge in [0.05, 0.1) is 11.0 Å². The van der Waals surface area contributed by atoms with Gasteiger partial charge in [-0.2, -0.15) is 0 Å². The molecule has 0 fully saturated rings. The third-order valence-corrected chi connectivity index (χ3v) is 5.55. The number of nitrogens with zero attached hydrogens (tertiary/aromatic N) is 2. The number of aromatic nitrogens is 1. The number of amides is 2. The zero-order valence-corrected chi connectivity index (χ0v) is 15.3. The summed E-state index contributed by atoms with van der Waals surface area (Å²) < 4.78 is 3.26. The van der Waals surface area contributed by atoms with Gasteiger partial charge in [-0.05, 0) is 47.3 Å². The van der Waals surface area contributed by atoms with Crippen molar-refractivity contribution in [3.05, 3.63) is 75.8 Å². The lowest BCUT2D eigenvalue weighted by atomic mass is 10.0. The topological polar surface area (TPSA) is 37.3 Å². The van der Waals surface area contributed by atoms with Crippen LogP contribution in [-0.4, -0.2) is 22.0 Å². The molecule has 4 nitrogen and oxygen atoms in total. The lowest BCUT2D eigenvalue weighted by molar-refractivity contribution is 0.182. The molecule has 0 saturated carbocycles. The standard InChI is InChI=1S/C18H16BrN3OS/c19-14-7-5-13(6-8-14)17-15-3-1-9-21(15)10-11-22(17)18(23)20-16-4-2-12-24-16/h1-9,12,17H,10-11H2,(H,20,23)/t17-/m1/s1. The van der Waals surface area contributed by atoms with Crippen LogP contribution >= 0.6 is 27.3 Å². The highest BCUT2D eigenvalue weighted by atomic mass is 79.9. The minimum atomic E-state index is -0.0817. The summed E-state index contributed by atoms with van der Waals surface area (Å²) in [5.74, 6) is 0. The first-order valence-electron chi connectivity index (χ1n) is 7.74. The molecule has 6 heteroatoms. The quantitative estimate of drug-likeness (QED) is 0.647. The number of rotatable bonds is 2. The number of hydrogen-bond donors (Lipinski definition) is 1. The van der Waals surface area contributed by atoms with Crippen molar-refractivity contribution in [1.82, 2.24) is 9.47 Å². The van der Waals surface area contributed by atoms with Crippen LogP contribution in [0.3, 0.4) is 0 Å². The number of hydrogen-bond acceptors (Lipinski definition) is 2. The van der Waals surface area contributed by atoms with Gasteiger partial charge in [0, 0.05) is 29.5 Å². The molecule has 0 spiro atoms. The van der Waals surface area contributed by atoms with E-state index in [2.05, 4.69) is 50.2 Å². The molecular formula is C18H16BrN3OS. The lowest BCUT2D eigenvalue weighted by Gasteiger charge is -2.37. The predicted octanol–water partition coefficient (Wildman–Crippen LogP) is 4.95. The fraction of sp³-hybridized carbons (Fsp3) is 0.167. The van der Waals surface area contributed by atoms with E-state index in [-0.39, 0.29) is 12.1 Å². The number of carbonyl (C=O) groups excluding carboxylic acids is 1. The summed E-state index contributed by atoms with van der Waals surface area (Å²) in [7, 11) is 0. The van der Waals surface area contributed by atoms with Crippen LogP contribution in [-0.2, 0) is 6.54 Å². The second-order valence-corrected chi connectivity index (χ2v) is 7.54. The number of anilines is 1. The van der Waals surface area contributed by atoms with E-state index >= 15 is 0 Å². The third kappa shape index (κ3) is 2.87. The maximum absolute atomic E-state index is 12.9. The second kappa shape index (κ2) is 6.45. The van der Waals surface area contributed by atoms with Crippen LogP contribution in [0.1, 0.15) is 17.3 Å². The second-order valence-electron chi connectivity index (χ2n) is 5.68. The minimum Gasteiger partial charge on any atom is -0.348 e. The first-order valence-corrected chi connectivity index (χ1v) is 9.41. The first-order chi connectivity index (χ1) is 11.7. The molecule has 1 N–H and O–H groups in total. The van der Waals surface area contributed by atoms with Crippen molar-refractivity contribution in [2.24, 2.45) is 0 Å². The Kier molecular flexibility index (Phi) is 4.16. The fourth-order valence-corrected chi connectivity index (χ4v) is 4.00. The Morgan fingerprint density at radius 2 is 1.96 bits per heavy atom. The molecule has 4 rings (SSSR count). The summed E-state index contributed by atoms with van der Waals surface area (Å²) in [4.78, 5) is 14.8. The highest BCUT2D eigenvalue weighted by Gasteiger charge is 2.32. The monoisotopic (exact) mass is 401 g/mol. The van der Waals surface area contributed by atoms with E-state index in [0.29, 0.717) is 6.54 Å². The molecule has 3 heterocycles. The Morgan fingerprint density at radius 3 is 2.71 bits per heavy atom. The van der Waals surface area contributed by atoms with Gasteiger partial charge in [0.15, 0.2) is 0 Å². The molecule has 1 aliphatic heterocycles. The van der Waals surface area contributed by atoms with E-state index in [1.807, 2.05) is 40.6 Å². The molecule has 0 aliphatic carbocycles. The zero-order valence-electron chi connectivity index (χ0n) is 12.9. The molecule has 1 aromatic carbocycles.